The smallest absolute Gasteiger partial charge is 0.308 e. The van der Waals surface area contributed by atoms with Crippen molar-refractivity contribution in [2.24, 2.45) is 11.8 Å². The number of aromatic nitrogens is 2. The molecule has 6 nitrogen and oxygen atoms in total. The number of carbonyl (C=O) groups excluding carboxylic acids is 1. The Labute approximate surface area is 151 Å². The molecule has 0 bridgehead atoms. The standard InChI is InChI=1S/C18H22ClN3O3/c1-11(2)8-13(18(24)25)9-20-17(23)16-12(3)10-22(21-16)15-7-5-4-6-14(15)19/h4-7,10-11,13H,8-9H2,1-3H3,(H,20,23)(H,24,25). The number of para-hydroxylation sites is 1. The Morgan fingerprint density at radius 2 is 2.00 bits per heavy atom. The van der Waals surface area contributed by atoms with Crippen LogP contribution >= 0.6 is 11.6 Å². The molecule has 1 aromatic heterocycles. The van der Waals surface area contributed by atoms with Crippen LogP contribution in [0.15, 0.2) is 30.5 Å². The Bertz CT molecular complexity index is 771. The first-order valence-corrected chi connectivity index (χ1v) is 8.49. The Morgan fingerprint density at radius 3 is 2.60 bits per heavy atom. The van der Waals surface area contributed by atoms with Gasteiger partial charge in [0.15, 0.2) is 5.69 Å². The first-order valence-electron chi connectivity index (χ1n) is 8.11. The van der Waals surface area contributed by atoms with E-state index in [1.165, 1.54) is 0 Å². The summed E-state index contributed by atoms with van der Waals surface area (Å²) in [6.45, 7) is 5.75. The van der Waals surface area contributed by atoms with Crippen molar-refractivity contribution in [1.82, 2.24) is 15.1 Å². The van der Waals surface area contributed by atoms with Gasteiger partial charge in [-0.2, -0.15) is 5.10 Å². The molecule has 134 valence electrons. The number of carboxylic acids is 1. The van der Waals surface area contributed by atoms with Crippen LogP contribution in [0.25, 0.3) is 5.69 Å². The average Bonchev–Trinajstić information content (AvgIpc) is 2.92. The number of aryl methyl sites for hydroxylation is 1. The number of amides is 1. The Kier molecular flexibility index (Phi) is 6.20. The molecule has 1 unspecified atom stereocenters. The van der Waals surface area contributed by atoms with Gasteiger partial charge >= 0.3 is 5.97 Å². The summed E-state index contributed by atoms with van der Waals surface area (Å²) in [5.41, 5.74) is 1.62. The summed E-state index contributed by atoms with van der Waals surface area (Å²) in [6, 6.07) is 7.20. The van der Waals surface area contributed by atoms with Crippen LogP contribution in [0.5, 0.6) is 0 Å². The SMILES string of the molecule is Cc1cn(-c2ccccc2Cl)nc1C(=O)NCC(CC(C)C)C(=O)O. The second-order valence-electron chi connectivity index (χ2n) is 6.43. The summed E-state index contributed by atoms with van der Waals surface area (Å²) in [6.07, 6.45) is 2.22. The van der Waals surface area contributed by atoms with E-state index in [0.717, 1.165) is 0 Å². The van der Waals surface area contributed by atoms with Crippen molar-refractivity contribution in [2.45, 2.75) is 27.2 Å². The second kappa shape index (κ2) is 8.16. The van der Waals surface area contributed by atoms with Gasteiger partial charge in [0.05, 0.1) is 16.6 Å². The van der Waals surface area contributed by atoms with E-state index in [9.17, 15) is 14.7 Å². The molecule has 1 heterocycles. The molecule has 7 heteroatoms. The summed E-state index contributed by atoms with van der Waals surface area (Å²) < 4.78 is 1.55. The third-order valence-electron chi connectivity index (χ3n) is 3.83. The van der Waals surface area contributed by atoms with E-state index in [0.29, 0.717) is 22.7 Å². The molecular weight excluding hydrogens is 342 g/mol. The monoisotopic (exact) mass is 363 g/mol. The molecule has 2 rings (SSSR count). The van der Waals surface area contributed by atoms with Gasteiger partial charge in [0.25, 0.3) is 5.91 Å². The third-order valence-corrected chi connectivity index (χ3v) is 4.15. The van der Waals surface area contributed by atoms with E-state index < -0.39 is 17.8 Å². The summed E-state index contributed by atoms with van der Waals surface area (Å²) in [7, 11) is 0. The van der Waals surface area contributed by atoms with E-state index in [1.807, 2.05) is 26.0 Å². The number of nitrogens with one attached hydrogen (secondary N) is 1. The molecule has 0 fully saturated rings. The summed E-state index contributed by atoms with van der Waals surface area (Å²) in [4.78, 5) is 23.7. The molecule has 0 saturated carbocycles. The van der Waals surface area contributed by atoms with E-state index >= 15 is 0 Å². The highest BCUT2D eigenvalue weighted by atomic mass is 35.5. The Balaban J connectivity index is 2.12. The fraction of sp³-hybridized carbons (Fsp3) is 0.389. The van der Waals surface area contributed by atoms with E-state index in [1.54, 1.807) is 29.9 Å². The fourth-order valence-corrected chi connectivity index (χ4v) is 2.81. The lowest BCUT2D eigenvalue weighted by Crippen LogP contribution is -2.34. The minimum atomic E-state index is -0.910. The van der Waals surface area contributed by atoms with Crippen LogP contribution in [0.1, 0.15) is 36.3 Å². The number of carbonyl (C=O) groups is 2. The first kappa shape index (κ1) is 19.0. The lowest BCUT2D eigenvalue weighted by atomic mass is 9.97. The summed E-state index contributed by atoms with van der Waals surface area (Å²) >= 11 is 6.16. The van der Waals surface area contributed by atoms with Crippen molar-refractivity contribution in [3.63, 3.8) is 0 Å². The molecule has 1 amide bonds. The summed E-state index contributed by atoms with van der Waals surface area (Å²) in [5, 5.41) is 16.8. The van der Waals surface area contributed by atoms with Gasteiger partial charge < -0.3 is 10.4 Å². The van der Waals surface area contributed by atoms with Crippen LogP contribution in [0, 0.1) is 18.8 Å². The highest BCUT2D eigenvalue weighted by molar-refractivity contribution is 6.32. The van der Waals surface area contributed by atoms with Gasteiger partial charge in [-0.25, -0.2) is 4.68 Å². The van der Waals surface area contributed by atoms with Crippen LogP contribution in [0.2, 0.25) is 5.02 Å². The number of hydrogen-bond donors (Lipinski definition) is 2. The van der Waals surface area contributed by atoms with E-state index in [2.05, 4.69) is 10.4 Å². The molecule has 1 atom stereocenters. The number of carboxylic acid groups (broad SMARTS) is 1. The highest BCUT2D eigenvalue weighted by Crippen LogP contribution is 2.20. The first-order chi connectivity index (χ1) is 11.8. The van der Waals surface area contributed by atoms with Crippen molar-refractivity contribution >= 4 is 23.5 Å². The van der Waals surface area contributed by atoms with Crippen LogP contribution in [0.3, 0.4) is 0 Å². The predicted molar refractivity (Wildman–Crippen MR) is 96.2 cm³/mol. The number of benzene rings is 1. The van der Waals surface area contributed by atoms with E-state index in [4.69, 9.17) is 11.6 Å². The maximum absolute atomic E-state index is 12.4. The molecule has 0 spiro atoms. The Morgan fingerprint density at radius 1 is 1.32 bits per heavy atom. The molecule has 0 aliphatic heterocycles. The normalized spacial score (nSPS) is 12.2. The fourth-order valence-electron chi connectivity index (χ4n) is 2.59. The topological polar surface area (TPSA) is 84.2 Å². The molecule has 2 N–H and O–H groups in total. The van der Waals surface area contributed by atoms with Gasteiger partial charge in [-0.3, -0.25) is 9.59 Å². The Hall–Kier alpha value is -2.34. The minimum Gasteiger partial charge on any atom is -0.481 e. The van der Waals surface area contributed by atoms with Crippen molar-refractivity contribution in [1.29, 1.82) is 0 Å². The predicted octanol–water partition coefficient (Wildman–Crippen LogP) is 3.31. The minimum absolute atomic E-state index is 0.0741. The maximum atomic E-state index is 12.4. The van der Waals surface area contributed by atoms with Crippen LogP contribution in [-0.4, -0.2) is 33.3 Å². The van der Waals surface area contributed by atoms with Gasteiger partial charge in [0.2, 0.25) is 0 Å². The number of nitrogens with zero attached hydrogens (tertiary/aromatic N) is 2. The van der Waals surface area contributed by atoms with Gasteiger partial charge in [-0.1, -0.05) is 37.6 Å². The zero-order chi connectivity index (χ0) is 18.6. The lowest BCUT2D eigenvalue weighted by molar-refractivity contribution is -0.142. The van der Waals surface area contributed by atoms with Crippen molar-refractivity contribution in [3.8, 4) is 5.69 Å². The van der Waals surface area contributed by atoms with Crippen LogP contribution < -0.4 is 5.32 Å². The quantitative estimate of drug-likeness (QED) is 0.790. The molecule has 1 aromatic carbocycles. The number of rotatable bonds is 7. The zero-order valence-electron chi connectivity index (χ0n) is 14.5. The second-order valence-corrected chi connectivity index (χ2v) is 6.84. The van der Waals surface area contributed by atoms with Gasteiger partial charge in [-0.15, -0.1) is 0 Å². The number of hydrogen-bond acceptors (Lipinski definition) is 3. The van der Waals surface area contributed by atoms with Crippen molar-refractivity contribution in [3.05, 3.63) is 46.7 Å². The number of halogens is 1. The van der Waals surface area contributed by atoms with Crippen molar-refractivity contribution in [2.75, 3.05) is 6.54 Å². The van der Waals surface area contributed by atoms with Crippen LogP contribution in [0.4, 0.5) is 0 Å². The number of aliphatic carboxylic acids is 1. The molecular formula is C18H22ClN3O3. The molecule has 0 radical (unpaired) electrons. The molecule has 0 saturated heterocycles. The molecule has 2 aromatic rings. The summed E-state index contributed by atoms with van der Waals surface area (Å²) in [5.74, 6) is -1.68. The van der Waals surface area contributed by atoms with Crippen LogP contribution in [-0.2, 0) is 4.79 Å². The van der Waals surface area contributed by atoms with Gasteiger partial charge in [0, 0.05) is 18.3 Å². The lowest BCUT2D eigenvalue weighted by Gasteiger charge is -2.15. The third kappa shape index (κ3) is 4.82. The van der Waals surface area contributed by atoms with Gasteiger partial charge in [0.1, 0.15) is 0 Å². The maximum Gasteiger partial charge on any atom is 0.308 e. The zero-order valence-corrected chi connectivity index (χ0v) is 15.2. The molecule has 25 heavy (non-hydrogen) atoms. The van der Waals surface area contributed by atoms with Crippen molar-refractivity contribution < 1.29 is 14.7 Å². The van der Waals surface area contributed by atoms with Gasteiger partial charge in [-0.05, 0) is 31.4 Å². The highest BCUT2D eigenvalue weighted by Gasteiger charge is 2.22. The largest absolute Gasteiger partial charge is 0.481 e. The average molecular weight is 364 g/mol. The molecule has 0 aliphatic carbocycles. The molecule has 0 aliphatic rings. The van der Waals surface area contributed by atoms with E-state index in [-0.39, 0.29) is 18.2 Å².